The summed E-state index contributed by atoms with van der Waals surface area (Å²) in [5, 5.41) is 3.54. The quantitative estimate of drug-likeness (QED) is 0.772. The zero-order valence-corrected chi connectivity index (χ0v) is 13.5. The highest BCUT2D eigenvalue weighted by molar-refractivity contribution is 5.46. The summed E-state index contributed by atoms with van der Waals surface area (Å²) in [7, 11) is 0. The first-order chi connectivity index (χ1) is 9.40. The van der Waals surface area contributed by atoms with Gasteiger partial charge in [-0.15, -0.1) is 0 Å². The summed E-state index contributed by atoms with van der Waals surface area (Å²) in [4.78, 5) is 2.32. The van der Waals surface area contributed by atoms with Crippen molar-refractivity contribution < 1.29 is 4.39 Å². The smallest absolute Gasteiger partial charge is 0.123 e. The highest BCUT2D eigenvalue weighted by atomic mass is 19.1. The highest BCUT2D eigenvalue weighted by Gasteiger charge is 2.25. The van der Waals surface area contributed by atoms with E-state index in [9.17, 15) is 4.39 Å². The lowest BCUT2D eigenvalue weighted by atomic mass is 9.86. The molecule has 3 heteroatoms. The van der Waals surface area contributed by atoms with Gasteiger partial charge in [0.05, 0.1) is 0 Å². The fourth-order valence-electron chi connectivity index (χ4n) is 2.24. The summed E-state index contributed by atoms with van der Waals surface area (Å²) in [6, 6.07) is 7.30. The molecule has 0 spiro atoms. The fourth-order valence-corrected chi connectivity index (χ4v) is 2.24. The average molecular weight is 280 g/mol. The van der Waals surface area contributed by atoms with Crippen molar-refractivity contribution in [1.82, 2.24) is 5.32 Å². The van der Waals surface area contributed by atoms with Gasteiger partial charge in [-0.3, -0.25) is 0 Å². The second kappa shape index (κ2) is 7.63. The van der Waals surface area contributed by atoms with Gasteiger partial charge < -0.3 is 10.2 Å². The van der Waals surface area contributed by atoms with Crippen molar-refractivity contribution in [3.05, 3.63) is 30.1 Å². The number of hydrogen-bond donors (Lipinski definition) is 1. The van der Waals surface area contributed by atoms with Crippen LogP contribution in [0.2, 0.25) is 0 Å². The summed E-state index contributed by atoms with van der Waals surface area (Å²) in [5.41, 5.74) is 1.31. The van der Waals surface area contributed by atoms with E-state index in [0.717, 1.165) is 31.7 Å². The Kier molecular flexibility index (Phi) is 6.47. The van der Waals surface area contributed by atoms with E-state index in [1.54, 1.807) is 0 Å². The molecule has 0 radical (unpaired) electrons. The van der Waals surface area contributed by atoms with Crippen LogP contribution in [0.1, 0.15) is 41.0 Å². The van der Waals surface area contributed by atoms with Crippen LogP contribution < -0.4 is 10.2 Å². The Bertz CT molecular complexity index is 388. The molecule has 2 nitrogen and oxygen atoms in total. The zero-order chi connectivity index (χ0) is 15.2. The van der Waals surface area contributed by atoms with Crippen LogP contribution in [0.15, 0.2) is 24.3 Å². The molecule has 0 aliphatic carbocycles. The van der Waals surface area contributed by atoms with Gasteiger partial charge in [-0.1, -0.05) is 27.7 Å². The molecule has 1 unspecified atom stereocenters. The third-order valence-electron chi connectivity index (χ3n) is 3.94. The number of benzene rings is 1. The molecule has 114 valence electrons. The topological polar surface area (TPSA) is 15.3 Å². The molecule has 1 rings (SSSR count). The maximum absolute atomic E-state index is 13.0. The largest absolute Gasteiger partial charge is 0.371 e. The third-order valence-corrected chi connectivity index (χ3v) is 3.94. The van der Waals surface area contributed by atoms with E-state index >= 15 is 0 Å². The number of nitrogens with one attached hydrogen (secondary N) is 1. The Hall–Kier alpha value is -1.09. The van der Waals surface area contributed by atoms with E-state index in [2.05, 4.69) is 44.8 Å². The van der Waals surface area contributed by atoms with Gasteiger partial charge >= 0.3 is 0 Å². The predicted octanol–water partition coefficient (Wildman–Crippen LogP) is 4.07. The van der Waals surface area contributed by atoms with Crippen molar-refractivity contribution >= 4 is 5.69 Å². The van der Waals surface area contributed by atoms with E-state index in [1.165, 1.54) is 12.1 Å². The summed E-state index contributed by atoms with van der Waals surface area (Å²) in [6.45, 7) is 14.0. The number of nitrogens with zero attached hydrogens (tertiary/aromatic N) is 1. The van der Waals surface area contributed by atoms with Gasteiger partial charge in [0, 0.05) is 31.4 Å². The molecule has 0 bridgehead atoms. The summed E-state index contributed by atoms with van der Waals surface area (Å²) in [5.74, 6) is -0.176. The van der Waals surface area contributed by atoms with Gasteiger partial charge in [0.25, 0.3) is 0 Å². The SMILES string of the molecule is CCN(CC(C)(CC)CNC(C)C)c1ccc(F)cc1. The van der Waals surface area contributed by atoms with E-state index in [-0.39, 0.29) is 11.2 Å². The molecule has 0 aliphatic rings. The van der Waals surface area contributed by atoms with Crippen LogP contribution in [0.5, 0.6) is 0 Å². The monoisotopic (exact) mass is 280 g/mol. The van der Waals surface area contributed by atoms with E-state index in [4.69, 9.17) is 0 Å². The van der Waals surface area contributed by atoms with Gasteiger partial charge in [0.1, 0.15) is 5.82 Å². The van der Waals surface area contributed by atoms with Crippen molar-refractivity contribution in [1.29, 1.82) is 0 Å². The van der Waals surface area contributed by atoms with Gasteiger partial charge in [-0.05, 0) is 43.0 Å². The van der Waals surface area contributed by atoms with Crippen LogP contribution in [-0.2, 0) is 0 Å². The van der Waals surface area contributed by atoms with E-state index in [0.29, 0.717) is 6.04 Å². The maximum atomic E-state index is 13.0. The molecule has 0 heterocycles. The lowest BCUT2D eigenvalue weighted by molar-refractivity contribution is 0.287. The maximum Gasteiger partial charge on any atom is 0.123 e. The first-order valence-electron chi connectivity index (χ1n) is 7.64. The molecule has 0 aromatic heterocycles. The molecule has 0 saturated carbocycles. The van der Waals surface area contributed by atoms with E-state index < -0.39 is 0 Å². The molecule has 0 aliphatic heterocycles. The van der Waals surface area contributed by atoms with Crippen molar-refractivity contribution in [2.24, 2.45) is 5.41 Å². The minimum absolute atomic E-state index is 0.176. The average Bonchev–Trinajstić information content (AvgIpc) is 2.44. The normalized spacial score (nSPS) is 14.3. The minimum atomic E-state index is -0.176. The zero-order valence-electron chi connectivity index (χ0n) is 13.5. The van der Waals surface area contributed by atoms with Gasteiger partial charge in [0.2, 0.25) is 0 Å². The molecule has 0 saturated heterocycles. The summed E-state index contributed by atoms with van der Waals surface area (Å²) in [6.07, 6.45) is 1.12. The molecular formula is C17H29FN2. The molecular weight excluding hydrogens is 251 g/mol. The molecule has 20 heavy (non-hydrogen) atoms. The van der Waals surface area contributed by atoms with Crippen LogP contribution >= 0.6 is 0 Å². The minimum Gasteiger partial charge on any atom is -0.371 e. The molecule has 0 fully saturated rings. The highest BCUT2D eigenvalue weighted by Crippen LogP contribution is 2.25. The Morgan fingerprint density at radius 1 is 1.20 bits per heavy atom. The first kappa shape index (κ1) is 17.0. The lowest BCUT2D eigenvalue weighted by Crippen LogP contribution is -2.43. The standard InChI is InChI=1S/C17H29FN2/c1-6-17(5,12-19-14(3)4)13-20(7-2)16-10-8-15(18)9-11-16/h8-11,14,19H,6-7,12-13H2,1-5H3. The Morgan fingerprint density at radius 2 is 1.80 bits per heavy atom. The Labute approximate surface area is 123 Å². The van der Waals surface area contributed by atoms with Gasteiger partial charge in [-0.25, -0.2) is 4.39 Å². The number of halogens is 1. The van der Waals surface area contributed by atoms with Crippen LogP contribution in [0, 0.1) is 11.2 Å². The lowest BCUT2D eigenvalue weighted by Gasteiger charge is -2.36. The molecule has 1 aromatic rings. The second-order valence-corrected chi connectivity index (χ2v) is 6.19. The Balaban J connectivity index is 2.76. The fraction of sp³-hybridized carbons (Fsp3) is 0.647. The van der Waals surface area contributed by atoms with E-state index in [1.807, 2.05) is 12.1 Å². The van der Waals surface area contributed by atoms with Crippen molar-refractivity contribution in [3.8, 4) is 0 Å². The summed E-state index contributed by atoms with van der Waals surface area (Å²) >= 11 is 0. The van der Waals surface area contributed by atoms with Crippen LogP contribution in [-0.4, -0.2) is 25.7 Å². The van der Waals surface area contributed by atoms with Crippen LogP contribution in [0.4, 0.5) is 10.1 Å². The number of rotatable bonds is 8. The van der Waals surface area contributed by atoms with Gasteiger partial charge in [-0.2, -0.15) is 0 Å². The summed E-state index contributed by atoms with van der Waals surface area (Å²) < 4.78 is 13.0. The van der Waals surface area contributed by atoms with Crippen LogP contribution in [0.25, 0.3) is 0 Å². The molecule has 1 aromatic carbocycles. The van der Waals surface area contributed by atoms with Crippen molar-refractivity contribution in [3.63, 3.8) is 0 Å². The molecule has 1 N–H and O–H groups in total. The number of anilines is 1. The third kappa shape index (κ3) is 5.12. The van der Waals surface area contributed by atoms with Crippen molar-refractivity contribution in [2.45, 2.75) is 47.1 Å². The second-order valence-electron chi connectivity index (χ2n) is 6.19. The van der Waals surface area contributed by atoms with Crippen molar-refractivity contribution in [2.75, 3.05) is 24.5 Å². The number of hydrogen-bond acceptors (Lipinski definition) is 2. The molecule has 0 amide bonds. The predicted molar refractivity (Wildman–Crippen MR) is 85.8 cm³/mol. The molecule has 1 atom stereocenters. The first-order valence-corrected chi connectivity index (χ1v) is 7.64. The van der Waals surface area contributed by atoms with Gasteiger partial charge in [0.15, 0.2) is 0 Å². The Morgan fingerprint density at radius 3 is 2.25 bits per heavy atom. The van der Waals surface area contributed by atoms with Crippen LogP contribution in [0.3, 0.4) is 0 Å².